The van der Waals surface area contributed by atoms with Gasteiger partial charge in [0.05, 0.1) is 6.54 Å². The van der Waals surface area contributed by atoms with Crippen molar-refractivity contribution < 1.29 is 9.32 Å². The van der Waals surface area contributed by atoms with Crippen molar-refractivity contribution in [3.63, 3.8) is 0 Å². The minimum absolute atomic E-state index is 0.0494. The molecule has 1 aliphatic heterocycles. The summed E-state index contributed by atoms with van der Waals surface area (Å²) in [4.78, 5) is 21.1. The van der Waals surface area contributed by atoms with Crippen molar-refractivity contribution in [3.8, 4) is 0 Å². The first kappa shape index (κ1) is 17.9. The standard InChI is InChI=1S/C18H23ClN4O2/c1-13(2)11-16-20-17(25-21-16)12-22-7-9-23(10-8-22)18(24)14-3-5-15(19)6-4-14/h3-6,13H,7-12H2,1-2H3. The molecule has 25 heavy (non-hydrogen) atoms. The summed E-state index contributed by atoms with van der Waals surface area (Å²) in [5, 5.41) is 4.66. The van der Waals surface area contributed by atoms with Gasteiger partial charge in [0.1, 0.15) is 0 Å². The van der Waals surface area contributed by atoms with Gasteiger partial charge < -0.3 is 9.42 Å². The normalized spacial score (nSPS) is 15.8. The number of piperazine rings is 1. The molecule has 0 spiro atoms. The van der Waals surface area contributed by atoms with Crippen molar-refractivity contribution in [1.29, 1.82) is 0 Å². The summed E-state index contributed by atoms with van der Waals surface area (Å²) in [7, 11) is 0. The molecule has 0 atom stereocenters. The molecular formula is C18H23ClN4O2. The monoisotopic (exact) mass is 362 g/mol. The highest BCUT2D eigenvalue weighted by atomic mass is 35.5. The first-order valence-electron chi connectivity index (χ1n) is 8.60. The van der Waals surface area contributed by atoms with Crippen LogP contribution in [0.3, 0.4) is 0 Å². The molecule has 7 heteroatoms. The molecule has 0 saturated carbocycles. The van der Waals surface area contributed by atoms with Crippen molar-refractivity contribution in [2.75, 3.05) is 26.2 Å². The molecule has 2 aromatic rings. The Hall–Kier alpha value is -1.92. The molecule has 3 rings (SSSR count). The van der Waals surface area contributed by atoms with Crippen molar-refractivity contribution in [3.05, 3.63) is 46.6 Å². The van der Waals surface area contributed by atoms with E-state index < -0.39 is 0 Å². The predicted octanol–water partition coefficient (Wildman–Crippen LogP) is 2.88. The summed E-state index contributed by atoms with van der Waals surface area (Å²) in [6, 6.07) is 7.03. The molecule has 6 nitrogen and oxygen atoms in total. The number of nitrogens with zero attached hydrogens (tertiary/aromatic N) is 4. The first-order chi connectivity index (χ1) is 12.0. The van der Waals surface area contributed by atoms with Gasteiger partial charge in [0.2, 0.25) is 5.89 Å². The summed E-state index contributed by atoms with van der Waals surface area (Å²) in [6.45, 7) is 7.86. The Bertz CT molecular complexity index is 706. The fraction of sp³-hybridized carbons (Fsp3) is 0.500. The Morgan fingerprint density at radius 3 is 2.52 bits per heavy atom. The molecule has 1 saturated heterocycles. The lowest BCUT2D eigenvalue weighted by Gasteiger charge is -2.34. The van der Waals surface area contributed by atoms with E-state index in [4.69, 9.17) is 16.1 Å². The Balaban J connectivity index is 1.50. The Kier molecular flexibility index (Phi) is 5.71. The van der Waals surface area contributed by atoms with Crippen molar-refractivity contribution >= 4 is 17.5 Å². The fourth-order valence-electron chi connectivity index (χ4n) is 2.88. The Labute approximate surface area is 152 Å². The second kappa shape index (κ2) is 7.97. The lowest BCUT2D eigenvalue weighted by molar-refractivity contribution is 0.0615. The molecule has 1 fully saturated rings. The van der Waals surface area contributed by atoms with Crippen LogP contribution in [0.2, 0.25) is 5.02 Å². The molecule has 2 heterocycles. The van der Waals surface area contributed by atoms with Crippen LogP contribution in [0, 0.1) is 5.92 Å². The Morgan fingerprint density at radius 1 is 1.20 bits per heavy atom. The van der Waals surface area contributed by atoms with Gasteiger partial charge >= 0.3 is 0 Å². The van der Waals surface area contributed by atoms with Gasteiger partial charge in [-0.15, -0.1) is 0 Å². The maximum absolute atomic E-state index is 12.5. The molecular weight excluding hydrogens is 340 g/mol. The van der Waals surface area contributed by atoms with E-state index in [0.29, 0.717) is 42.0 Å². The molecule has 0 bridgehead atoms. The van der Waals surface area contributed by atoms with Crippen molar-refractivity contribution in [2.24, 2.45) is 5.92 Å². The molecule has 0 unspecified atom stereocenters. The van der Waals surface area contributed by atoms with Crippen LogP contribution in [0.4, 0.5) is 0 Å². The molecule has 134 valence electrons. The van der Waals surface area contributed by atoms with Gasteiger partial charge in [-0.05, 0) is 30.2 Å². The highest BCUT2D eigenvalue weighted by Gasteiger charge is 2.23. The van der Waals surface area contributed by atoms with Crippen LogP contribution in [-0.2, 0) is 13.0 Å². The van der Waals surface area contributed by atoms with Crippen LogP contribution >= 0.6 is 11.6 Å². The van der Waals surface area contributed by atoms with Gasteiger partial charge in [0.15, 0.2) is 5.82 Å². The molecule has 1 aromatic heterocycles. The molecule has 1 aliphatic rings. The maximum Gasteiger partial charge on any atom is 0.253 e. The van der Waals surface area contributed by atoms with Crippen LogP contribution in [0.1, 0.15) is 35.9 Å². The number of amides is 1. The maximum atomic E-state index is 12.5. The van der Waals surface area contributed by atoms with E-state index in [1.165, 1.54) is 0 Å². The number of hydrogen-bond donors (Lipinski definition) is 0. The van der Waals surface area contributed by atoms with E-state index in [0.717, 1.165) is 25.3 Å². The zero-order valence-corrected chi connectivity index (χ0v) is 15.4. The smallest absolute Gasteiger partial charge is 0.253 e. The highest BCUT2D eigenvalue weighted by molar-refractivity contribution is 6.30. The number of carbonyl (C=O) groups is 1. The summed E-state index contributed by atoms with van der Waals surface area (Å²) < 4.78 is 5.33. The van der Waals surface area contributed by atoms with E-state index in [9.17, 15) is 4.79 Å². The van der Waals surface area contributed by atoms with E-state index in [-0.39, 0.29) is 5.91 Å². The molecule has 1 aromatic carbocycles. The van der Waals surface area contributed by atoms with Gasteiger partial charge in [-0.25, -0.2) is 0 Å². The SMILES string of the molecule is CC(C)Cc1noc(CN2CCN(C(=O)c3ccc(Cl)cc3)CC2)n1. The summed E-state index contributed by atoms with van der Waals surface area (Å²) >= 11 is 5.88. The number of rotatable bonds is 5. The summed E-state index contributed by atoms with van der Waals surface area (Å²) in [5.74, 6) is 1.97. The molecule has 1 amide bonds. The highest BCUT2D eigenvalue weighted by Crippen LogP contribution is 2.14. The average Bonchev–Trinajstić information content (AvgIpc) is 3.02. The van der Waals surface area contributed by atoms with E-state index in [1.807, 2.05) is 4.90 Å². The van der Waals surface area contributed by atoms with Gasteiger partial charge in [-0.3, -0.25) is 9.69 Å². The largest absolute Gasteiger partial charge is 0.338 e. The second-order valence-electron chi connectivity index (χ2n) is 6.78. The van der Waals surface area contributed by atoms with Crippen LogP contribution < -0.4 is 0 Å². The minimum Gasteiger partial charge on any atom is -0.338 e. The van der Waals surface area contributed by atoms with Gasteiger partial charge in [0.25, 0.3) is 5.91 Å². The number of benzene rings is 1. The summed E-state index contributed by atoms with van der Waals surface area (Å²) in [6.07, 6.45) is 0.826. The van der Waals surface area contributed by atoms with Gasteiger partial charge in [-0.1, -0.05) is 30.6 Å². The zero-order chi connectivity index (χ0) is 17.8. The quantitative estimate of drug-likeness (QED) is 0.818. The zero-order valence-electron chi connectivity index (χ0n) is 14.6. The van der Waals surface area contributed by atoms with E-state index in [1.54, 1.807) is 24.3 Å². The van der Waals surface area contributed by atoms with Gasteiger partial charge in [-0.2, -0.15) is 4.98 Å². The van der Waals surface area contributed by atoms with Crippen LogP contribution in [0.15, 0.2) is 28.8 Å². The molecule has 0 radical (unpaired) electrons. The Morgan fingerprint density at radius 2 is 1.88 bits per heavy atom. The number of hydrogen-bond acceptors (Lipinski definition) is 5. The third-order valence-electron chi connectivity index (χ3n) is 4.21. The van der Waals surface area contributed by atoms with Crippen LogP contribution in [-0.4, -0.2) is 52.0 Å². The van der Waals surface area contributed by atoms with Crippen molar-refractivity contribution in [1.82, 2.24) is 19.9 Å². The van der Waals surface area contributed by atoms with E-state index in [2.05, 4.69) is 28.9 Å². The third-order valence-corrected chi connectivity index (χ3v) is 4.46. The second-order valence-corrected chi connectivity index (χ2v) is 7.21. The fourth-order valence-corrected chi connectivity index (χ4v) is 3.00. The van der Waals surface area contributed by atoms with Gasteiger partial charge in [0, 0.05) is 43.2 Å². The average molecular weight is 363 g/mol. The molecule has 0 aliphatic carbocycles. The first-order valence-corrected chi connectivity index (χ1v) is 8.97. The van der Waals surface area contributed by atoms with E-state index >= 15 is 0 Å². The van der Waals surface area contributed by atoms with Crippen LogP contribution in [0.25, 0.3) is 0 Å². The lowest BCUT2D eigenvalue weighted by atomic mass is 10.1. The number of carbonyl (C=O) groups excluding carboxylic acids is 1. The number of aromatic nitrogens is 2. The lowest BCUT2D eigenvalue weighted by Crippen LogP contribution is -2.48. The van der Waals surface area contributed by atoms with Crippen molar-refractivity contribution in [2.45, 2.75) is 26.8 Å². The third kappa shape index (κ3) is 4.80. The number of halogens is 1. The topological polar surface area (TPSA) is 62.5 Å². The minimum atomic E-state index is 0.0494. The van der Waals surface area contributed by atoms with Crippen LogP contribution in [0.5, 0.6) is 0 Å². The summed E-state index contributed by atoms with van der Waals surface area (Å²) in [5.41, 5.74) is 0.674. The molecule has 0 N–H and O–H groups in total. The predicted molar refractivity (Wildman–Crippen MR) is 95.5 cm³/mol.